The van der Waals surface area contributed by atoms with Crippen LogP contribution in [0.25, 0.3) is 0 Å². The van der Waals surface area contributed by atoms with Gasteiger partial charge in [0.2, 0.25) is 5.91 Å². The summed E-state index contributed by atoms with van der Waals surface area (Å²) in [6.45, 7) is 3.55. The van der Waals surface area contributed by atoms with Crippen LogP contribution in [0.3, 0.4) is 0 Å². The van der Waals surface area contributed by atoms with Gasteiger partial charge in [0.15, 0.2) is 0 Å². The van der Waals surface area contributed by atoms with Crippen LogP contribution in [-0.2, 0) is 11.3 Å². The van der Waals surface area contributed by atoms with Crippen LogP contribution < -0.4 is 5.32 Å². The zero-order valence-corrected chi connectivity index (χ0v) is 8.16. The molecule has 0 aromatic carbocycles. The van der Waals surface area contributed by atoms with Gasteiger partial charge in [0.25, 0.3) is 0 Å². The van der Waals surface area contributed by atoms with Gasteiger partial charge in [-0.25, -0.2) is 0 Å². The smallest absolute Gasteiger partial charge is 0.240 e. The average molecular weight is 192 g/mol. The minimum Gasteiger partial charge on any atom is -0.351 e. The Morgan fingerprint density at radius 1 is 1.79 bits per heavy atom. The summed E-state index contributed by atoms with van der Waals surface area (Å²) in [6, 6.07) is 1.94. The molecular weight excluding hydrogens is 180 g/mol. The second kappa shape index (κ2) is 3.92. The molecule has 1 heterocycles. The Morgan fingerprint density at radius 2 is 2.50 bits per heavy atom. The second-order valence-corrected chi connectivity index (χ2v) is 3.53. The molecule has 0 unspecified atom stereocenters. The van der Waals surface area contributed by atoms with Crippen LogP contribution in [0.2, 0.25) is 0 Å². The molecule has 14 heavy (non-hydrogen) atoms. The van der Waals surface area contributed by atoms with E-state index in [9.17, 15) is 4.79 Å². The number of nitrogens with one attached hydrogen (secondary N) is 2. The molecule has 5 heteroatoms. The van der Waals surface area contributed by atoms with Gasteiger partial charge < -0.3 is 5.32 Å². The Kier molecular flexibility index (Phi) is 2.87. The van der Waals surface area contributed by atoms with Crippen LogP contribution >= 0.6 is 0 Å². The highest BCUT2D eigenvalue weighted by molar-refractivity contribution is 5.84. The first-order chi connectivity index (χ1) is 6.56. The normalized spacial score (nSPS) is 10.6. The van der Waals surface area contributed by atoms with Crippen molar-refractivity contribution in [2.45, 2.75) is 20.4 Å². The van der Waals surface area contributed by atoms with Crippen molar-refractivity contribution >= 4 is 5.91 Å². The van der Waals surface area contributed by atoms with Gasteiger partial charge in [-0.2, -0.15) is 10.4 Å². The minimum absolute atomic E-state index is 0.277. The second-order valence-electron chi connectivity index (χ2n) is 3.53. The third-order valence-corrected chi connectivity index (χ3v) is 1.86. The van der Waals surface area contributed by atoms with Gasteiger partial charge in [0.05, 0.1) is 12.3 Å². The topological polar surface area (TPSA) is 81.6 Å². The molecule has 0 aliphatic heterocycles. The summed E-state index contributed by atoms with van der Waals surface area (Å²) in [5, 5.41) is 17.7. The molecule has 0 saturated carbocycles. The molecule has 0 fully saturated rings. The summed E-state index contributed by atoms with van der Waals surface area (Å²) in [7, 11) is 0. The molecular formula is C9H12N4O. The molecule has 1 amide bonds. The van der Waals surface area contributed by atoms with Gasteiger partial charge in [-0.1, -0.05) is 0 Å². The Morgan fingerprint density at radius 3 is 3.00 bits per heavy atom. The molecule has 5 nitrogen and oxygen atoms in total. The molecule has 0 aliphatic rings. The number of hydrogen-bond donors (Lipinski definition) is 2. The van der Waals surface area contributed by atoms with E-state index in [0.717, 1.165) is 5.56 Å². The van der Waals surface area contributed by atoms with Crippen LogP contribution in [0.5, 0.6) is 0 Å². The minimum atomic E-state index is -0.982. The highest BCUT2D eigenvalue weighted by atomic mass is 16.2. The molecule has 1 aromatic heterocycles. The van der Waals surface area contributed by atoms with Crippen LogP contribution in [0.4, 0.5) is 0 Å². The van der Waals surface area contributed by atoms with Crippen molar-refractivity contribution in [3.8, 4) is 6.07 Å². The van der Waals surface area contributed by atoms with E-state index in [4.69, 9.17) is 5.26 Å². The van der Waals surface area contributed by atoms with E-state index < -0.39 is 5.41 Å². The number of nitriles is 1. The van der Waals surface area contributed by atoms with Crippen LogP contribution in [0.15, 0.2) is 12.4 Å². The Bertz CT molecular complexity index is 347. The fourth-order valence-corrected chi connectivity index (χ4v) is 0.828. The number of aromatic amines is 1. The van der Waals surface area contributed by atoms with E-state index in [2.05, 4.69) is 15.5 Å². The number of nitrogens with zero attached hydrogens (tertiary/aromatic N) is 2. The summed E-state index contributed by atoms with van der Waals surface area (Å²) >= 11 is 0. The highest BCUT2D eigenvalue weighted by Crippen LogP contribution is 2.12. The van der Waals surface area contributed by atoms with Crippen molar-refractivity contribution < 1.29 is 4.79 Å². The SMILES string of the molecule is CC(C)(C#N)C(=O)NCc1cn[nH]c1. The lowest BCUT2D eigenvalue weighted by Gasteiger charge is -2.14. The van der Waals surface area contributed by atoms with Crippen LogP contribution in [0.1, 0.15) is 19.4 Å². The van der Waals surface area contributed by atoms with Crippen molar-refractivity contribution in [1.82, 2.24) is 15.5 Å². The first-order valence-corrected chi connectivity index (χ1v) is 4.23. The number of carbonyl (C=O) groups is 1. The summed E-state index contributed by atoms with van der Waals surface area (Å²) in [4.78, 5) is 11.4. The lowest BCUT2D eigenvalue weighted by molar-refractivity contribution is -0.126. The van der Waals surface area contributed by atoms with E-state index in [-0.39, 0.29) is 5.91 Å². The number of carbonyl (C=O) groups excluding carboxylic acids is 1. The molecule has 0 bridgehead atoms. The van der Waals surface area contributed by atoms with Crippen molar-refractivity contribution in [2.75, 3.05) is 0 Å². The van der Waals surface area contributed by atoms with Gasteiger partial charge in [-0.05, 0) is 13.8 Å². The van der Waals surface area contributed by atoms with E-state index in [1.807, 2.05) is 6.07 Å². The van der Waals surface area contributed by atoms with Gasteiger partial charge in [-0.15, -0.1) is 0 Å². The van der Waals surface area contributed by atoms with Gasteiger partial charge in [0.1, 0.15) is 5.41 Å². The van der Waals surface area contributed by atoms with Gasteiger partial charge >= 0.3 is 0 Å². The van der Waals surface area contributed by atoms with Crippen molar-refractivity contribution in [1.29, 1.82) is 5.26 Å². The van der Waals surface area contributed by atoms with Crippen molar-refractivity contribution in [3.05, 3.63) is 18.0 Å². The molecule has 74 valence electrons. The first kappa shape index (κ1) is 10.3. The van der Waals surface area contributed by atoms with Crippen molar-refractivity contribution in [3.63, 3.8) is 0 Å². The Balaban J connectivity index is 2.48. The highest BCUT2D eigenvalue weighted by Gasteiger charge is 2.26. The lowest BCUT2D eigenvalue weighted by Crippen LogP contribution is -2.35. The van der Waals surface area contributed by atoms with Crippen LogP contribution in [0, 0.1) is 16.7 Å². The van der Waals surface area contributed by atoms with Gasteiger partial charge in [0, 0.05) is 18.3 Å². The number of aromatic nitrogens is 2. The van der Waals surface area contributed by atoms with E-state index in [1.165, 1.54) is 0 Å². The monoisotopic (exact) mass is 192 g/mol. The van der Waals surface area contributed by atoms with E-state index in [0.29, 0.717) is 6.54 Å². The summed E-state index contributed by atoms with van der Waals surface area (Å²) in [6.07, 6.45) is 3.32. The zero-order chi connectivity index (χ0) is 10.6. The standard InChI is InChI=1S/C9H12N4O/c1-9(2,6-10)8(14)11-3-7-4-12-13-5-7/h4-5H,3H2,1-2H3,(H,11,14)(H,12,13). The predicted molar refractivity (Wildman–Crippen MR) is 49.8 cm³/mol. The fourth-order valence-electron chi connectivity index (χ4n) is 0.828. The summed E-state index contributed by atoms with van der Waals surface area (Å²) in [5.41, 5.74) is -0.101. The van der Waals surface area contributed by atoms with E-state index in [1.54, 1.807) is 26.2 Å². The van der Waals surface area contributed by atoms with Gasteiger partial charge in [-0.3, -0.25) is 9.89 Å². The molecule has 0 radical (unpaired) electrons. The molecule has 0 spiro atoms. The number of H-pyrrole nitrogens is 1. The third-order valence-electron chi connectivity index (χ3n) is 1.86. The molecule has 1 aromatic rings. The number of amides is 1. The Hall–Kier alpha value is -1.83. The van der Waals surface area contributed by atoms with Crippen molar-refractivity contribution in [2.24, 2.45) is 5.41 Å². The molecule has 0 aliphatic carbocycles. The maximum Gasteiger partial charge on any atom is 0.240 e. The average Bonchev–Trinajstić information content (AvgIpc) is 2.66. The maximum atomic E-state index is 11.4. The maximum absolute atomic E-state index is 11.4. The quantitative estimate of drug-likeness (QED) is 0.734. The number of hydrogen-bond acceptors (Lipinski definition) is 3. The Labute approximate surface area is 82.1 Å². The molecule has 0 atom stereocenters. The fraction of sp³-hybridized carbons (Fsp3) is 0.444. The first-order valence-electron chi connectivity index (χ1n) is 4.23. The van der Waals surface area contributed by atoms with Crippen LogP contribution in [-0.4, -0.2) is 16.1 Å². The third kappa shape index (κ3) is 2.33. The molecule has 2 N–H and O–H groups in total. The number of rotatable bonds is 3. The summed E-state index contributed by atoms with van der Waals surface area (Å²) < 4.78 is 0. The van der Waals surface area contributed by atoms with E-state index >= 15 is 0 Å². The zero-order valence-electron chi connectivity index (χ0n) is 8.16. The predicted octanol–water partition coefficient (Wildman–Crippen LogP) is 0.576. The largest absolute Gasteiger partial charge is 0.351 e. The summed E-state index contributed by atoms with van der Waals surface area (Å²) in [5.74, 6) is -0.277. The molecule has 0 saturated heterocycles. The lowest BCUT2D eigenvalue weighted by atomic mass is 9.95. The molecule has 1 rings (SSSR count).